The van der Waals surface area contributed by atoms with Gasteiger partial charge in [-0.25, -0.2) is 4.39 Å². The van der Waals surface area contributed by atoms with E-state index >= 15 is 0 Å². The molecule has 0 saturated carbocycles. The Hall–Kier alpha value is -1.82. The molecule has 1 aromatic rings. The molecule has 5 nitrogen and oxygen atoms in total. The molecule has 1 heterocycles. The summed E-state index contributed by atoms with van der Waals surface area (Å²) in [5.41, 5.74) is -0.130. The molecule has 1 aromatic carbocycles. The lowest BCUT2D eigenvalue weighted by Crippen LogP contribution is -2.27. The Labute approximate surface area is 113 Å². The first-order valence-electron chi connectivity index (χ1n) is 5.51. The minimum atomic E-state index is -1.09. The Morgan fingerprint density at radius 3 is 2.79 bits per heavy atom. The number of ether oxygens (including phenoxy) is 1. The lowest BCUT2D eigenvalue weighted by atomic mass is 10.1. The second-order valence-electron chi connectivity index (χ2n) is 4.16. The van der Waals surface area contributed by atoms with E-state index in [9.17, 15) is 14.0 Å². The van der Waals surface area contributed by atoms with Gasteiger partial charge in [-0.15, -0.1) is 0 Å². The first-order chi connectivity index (χ1) is 8.95. The highest BCUT2D eigenvalue weighted by Crippen LogP contribution is 2.37. The van der Waals surface area contributed by atoms with Gasteiger partial charge in [0.2, 0.25) is 5.91 Å². The molecule has 1 N–H and O–H groups in total. The summed E-state index contributed by atoms with van der Waals surface area (Å²) in [6.45, 7) is -0.0992. The molecule has 0 bridgehead atoms. The molecule has 0 spiro atoms. The number of aliphatic carboxylic acids is 1. The molecule has 1 aliphatic heterocycles. The van der Waals surface area contributed by atoms with Crippen molar-refractivity contribution in [2.45, 2.75) is 6.42 Å². The number of amides is 1. The molecule has 19 heavy (non-hydrogen) atoms. The maximum atomic E-state index is 14.1. The van der Waals surface area contributed by atoms with Gasteiger partial charge in [0, 0.05) is 13.0 Å². The van der Waals surface area contributed by atoms with E-state index in [0.717, 1.165) is 4.90 Å². The van der Waals surface area contributed by atoms with Crippen LogP contribution in [0, 0.1) is 11.7 Å². The summed E-state index contributed by atoms with van der Waals surface area (Å²) in [5, 5.41) is 8.94. The van der Waals surface area contributed by atoms with Crippen LogP contribution in [0.5, 0.6) is 5.75 Å². The maximum absolute atomic E-state index is 14.1. The van der Waals surface area contributed by atoms with E-state index in [1.165, 1.54) is 19.2 Å². The van der Waals surface area contributed by atoms with E-state index in [0.29, 0.717) is 0 Å². The lowest BCUT2D eigenvalue weighted by molar-refractivity contribution is -0.141. The number of hydrogen-bond acceptors (Lipinski definition) is 3. The second-order valence-corrected chi connectivity index (χ2v) is 4.56. The van der Waals surface area contributed by atoms with Crippen LogP contribution in [0.1, 0.15) is 6.42 Å². The van der Waals surface area contributed by atoms with E-state index in [4.69, 9.17) is 21.4 Å². The predicted octanol–water partition coefficient (Wildman–Crippen LogP) is 1.93. The summed E-state index contributed by atoms with van der Waals surface area (Å²) in [7, 11) is 1.29. The van der Waals surface area contributed by atoms with Crippen molar-refractivity contribution in [3.05, 3.63) is 23.0 Å². The molecule has 1 atom stereocenters. The first kappa shape index (κ1) is 13.6. The molecule has 0 aliphatic carbocycles. The average molecular weight is 288 g/mol. The van der Waals surface area contributed by atoms with Gasteiger partial charge in [-0.2, -0.15) is 0 Å². The Morgan fingerprint density at radius 2 is 2.26 bits per heavy atom. The van der Waals surface area contributed by atoms with Gasteiger partial charge in [0.15, 0.2) is 11.6 Å². The quantitative estimate of drug-likeness (QED) is 0.922. The van der Waals surface area contributed by atoms with Crippen LogP contribution in [0.3, 0.4) is 0 Å². The summed E-state index contributed by atoms with van der Waals surface area (Å²) >= 11 is 5.89. The van der Waals surface area contributed by atoms with Crippen molar-refractivity contribution in [3.8, 4) is 5.75 Å². The minimum Gasteiger partial charge on any atom is -0.494 e. The van der Waals surface area contributed by atoms with Gasteiger partial charge in [0.1, 0.15) is 5.69 Å². The molecule has 7 heteroatoms. The van der Waals surface area contributed by atoms with Crippen molar-refractivity contribution in [2.75, 3.05) is 18.6 Å². The van der Waals surface area contributed by atoms with Crippen molar-refractivity contribution < 1.29 is 23.8 Å². The molecule has 1 aliphatic rings. The summed E-state index contributed by atoms with van der Waals surface area (Å²) in [4.78, 5) is 23.7. The zero-order valence-corrected chi connectivity index (χ0v) is 10.8. The number of nitrogens with zero attached hydrogens (tertiary/aromatic N) is 1. The number of benzene rings is 1. The van der Waals surface area contributed by atoms with E-state index in [1.807, 2.05) is 0 Å². The Balaban J connectivity index is 2.42. The number of carboxylic acids is 1. The number of carboxylic acid groups (broad SMARTS) is 1. The zero-order chi connectivity index (χ0) is 14.2. The summed E-state index contributed by atoms with van der Waals surface area (Å²) in [6.07, 6.45) is -0.164. The van der Waals surface area contributed by atoms with Crippen molar-refractivity contribution in [1.82, 2.24) is 0 Å². The summed E-state index contributed by atoms with van der Waals surface area (Å²) in [5.74, 6) is -3.23. The highest BCUT2D eigenvalue weighted by molar-refractivity contribution is 6.34. The fourth-order valence-corrected chi connectivity index (χ4v) is 2.26. The van der Waals surface area contributed by atoms with Crippen LogP contribution in [-0.4, -0.2) is 30.6 Å². The molecule has 1 amide bonds. The second kappa shape index (κ2) is 5.05. The third kappa shape index (κ3) is 2.35. The van der Waals surface area contributed by atoms with E-state index in [2.05, 4.69) is 0 Å². The molecular weight excluding hydrogens is 277 g/mol. The molecular formula is C12H11ClFNO4. The first-order valence-corrected chi connectivity index (χ1v) is 5.88. The number of anilines is 1. The fraction of sp³-hybridized carbons (Fsp3) is 0.333. The summed E-state index contributed by atoms with van der Waals surface area (Å²) in [6, 6.07) is 2.75. The van der Waals surface area contributed by atoms with Crippen LogP contribution >= 0.6 is 11.6 Å². The standard InChI is InChI=1S/C12H11ClFNO4/c1-19-8-3-2-7(13)11(10(8)14)15-5-6(12(17)18)4-9(15)16/h2-3,6H,4-5H2,1H3,(H,17,18). The molecule has 1 fully saturated rings. The Morgan fingerprint density at radius 1 is 1.58 bits per heavy atom. The van der Waals surface area contributed by atoms with Gasteiger partial charge in [-0.05, 0) is 12.1 Å². The van der Waals surface area contributed by atoms with Crippen LogP contribution in [0.2, 0.25) is 5.02 Å². The van der Waals surface area contributed by atoms with Crippen molar-refractivity contribution >= 4 is 29.2 Å². The number of methoxy groups -OCH3 is 1. The van der Waals surface area contributed by atoms with Gasteiger partial charge in [-0.1, -0.05) is 11.6 Å². The Bertz CT molecular complexity index is 549. The lowest BCUT2D eigenvalue weighted by Gasteiger charge is -2.19. The topological polar surface area (TPSA) is 66.8 Å². The van der Waals surface area contributed by atoms with E-state index in [1.54, 1.807) is 0 Å². The number of rotatable bonds is 3. The average Bonchev–Trinajstić information content (AvgIpc) is 2.72. The minimum absolute atomic E-state index is 0.0395. The van der Waals surface area contributed by atoms with E-state index in [-0.39, 0.29) is 29.4 Å². The van der Waals surface area contributed by atoms with Crippen LogP contribution in [0.25, 0.3) is 0 Å². The number of carbonyl (C=O) groups excluding carboxylic acids is 1. The highest BCUT2D eigenvalue weighted by Gasteiger charge is 2.37. The maximum Gasteiger partial charge on any atom is 0.308 e. The van der Waals surface area contributed by atoms with Crippen molar-refractivity contribution in [2.24, 2.45) is 5.92 Å². The van der Waals surface area contributed by atoms with Gasteiger partial charge < -0.3 is 14.7 Å². The molecule has 2 rings (SSSR count). The van der Waals surface area contributed by atoms with Crippen molar-refractivity contribution in [3.63, 3.8) is 0 Å². The van der Waals surface area contributed by atoms with Crippen LogP contribution < -0.4 is 9.64 Å². The largest absolute Gasteiger partial charge is 0.494 e. The zero-order valence-electron chi connectivity index (χ0n) is 10.0. The van der Waals surface area contributed by atoms with Gasteiger partial charge in [0.05, 0.1) is 18.1 Å². The SMILES string of the molecule is COc1ccc(Cl)c(N2CC(C(=O)O)CC2=O)c1F. The monoisotopic (exact) mass is 287 g/mol. The molecule has 0 aromatic heterocycles. The van der Waals surface area contributed by atoms with E-state index < -0.39 is 23.6 Å². The predicted molar refractivity (Wildman–Crippen MR) is 66.1 cm³/mol. The summed E-state index contributed by atoms with van der Waals surface area (Å²) < 4.78 is 19.0. The normalized spacial score (nSPS) is 18.8. The highest BCUT2D eigenvalue weighted by atomic mass is 35.5. The molecule has 0 radical (unpaired) electrons. The van der Waals surface area contributed by atoms with Gasteiger partial charge >= 0.3 is 5.97 Å². The smallest absolute Gasteiger partial charge is 0.308 e. The number of carbonyl (C=O) groups is 2. The molecule has 102 valence electrons. The Kier molecular flexibility index (Phi) is 3.61. The van der Waals surface area contributed by atoms with Crippen LogP contribution in [0.4, 0.5) is 10.1 Å². The number of hydrogen-bond donors (Lipinski definition) is 1. The third-order valence-corrected chi connectivity index (χ3v) is 3.30. The van der Waals surface area contributed by atoms with Gasteiger partial charge in [0.25, 0.3) is 0 Å². The third-order valence-electron chi connectivity index (χ3n) is 3.00. The van der Waals surface area contributed by atoms with Crippen molar-refractivity contribution in [1.29, 1.82) is 0 Å². The van der Waals surface area contributed by atoms with Crippen LogP contribution in [0.15, 0.2) is 12.1 Å². The van der Waals surface area contributed by atoms with Crippen LogP contribution in [-0.2, 0) is 9.59 Å². The number of halogens is 2. The molecule has 1 saturated heterocycles. The van der Waals surface area contributed by atoms with Gasteiger partial charge in [-0.3, -0.25) is 9.59 Å². The fourth-order valence-electron chi connectivity index (χ4n) is 2.02. The molecule has 1 unspecified atom stereocenters.